The van der Waals surface area contributed by atoms with Crippen molar-refractivity contribution < 1.29 is 14.3 Å². The molecular formula is C27H30N2O3S. The fraction of sp³-hybridized carbons (Fsp3) is 0.259. The predicted octanol–water partition coefficient (Wildman–Crippen LogP) is 5.32. The number of nitrogens with one attached hydrogen (secondary N) is 2. The summed E-state index contributed by atoms with van der Waals surface area (Å²) >= 11 is 1.49. The molecule has 3 rings (SSSR count). The molecule has 1 aromatic heterocycles. The van der Waals surface area contributed by atoms with Crippen LogP contribution in [0.4, 0.5) is 0 Å². The van der Waals surface area contributed by atoms with Crippen molar-refractivity contribution in [2.24, 2.45) is 0 Å². The summed E-state index contributed by atoms with van der Waals surface area (Å²) < 4.78 is 5.76. The highest BCUT2D eigenvalue weighted by Gasteiger charge is 2.16. The van der Waals surface area contributed by atoms with E-state index in [2.05, 4.69) is 43.5 Å². The van der Waals surface area contributed by atoms with Crippen LogP contribution >= 0.6 is 11.3 Å². The van der Waals surface area contributed by atoms with Gasteiger partial charge < -0.3 is 15.4 Å². The normalized spacial score (nSPS) is 11.7. The second-order valence-electron chi connectivity index (χ2n) is 8.72. The van der Waals surface area contributed by atoms with E-state index in [4.69, 9.17) is 4.74 Å². The number of carbonyl (C=O) groups excluding carboxylic acids is 2. The van der Waals surface area contributed by atoms with Crippen LogP contribution in [0.25, 0.3) is 6.08 Å². The first-order valence-corrected chi connectivity index (χ1v) is 11.8. The summed E-state index contributed by atoms with van der Waals surface area (Å²) in [6, 6.07) is 19.0. The Balaban J connectivity index is 1.60. The zero-order valence-electron chi connectivity index (χ0n) is 19.5. The molecule has 0 bridgehead atoms. The number of hydrogen-bond acceptors (Lipinski definition) is 4. The Hall–Kier alpha value is -3.38. The lowest BCUT2D eigenvalue weighted by Gasteiger charge is -2.19. The Morgan fingerprint density at radius 3 is 2.36 bits per heavy atom. The number of aryl methyl sites for hydroxylation is 1. The average Bonchev–Trinajstić information content (AvgIpc) is 3.29. The standard InChI is InChI=1S/C27H30N2O3S/c1-19-8-5-6-10-23(19)25(30)29-24(18-22-9-7-17-33-22)26(31)28-15-16-32-21-13-11-20(12-14-21)27(2,3)4/h5-14,17-18H,15-16H2,1-4H3,(H,28,31)(H,29,30)/b24-18-. The molecule has 0 aliphatic rings. The van der Waals surface area contributed by atoms with Crippen LogP contribution in [0.15, 0.2) is 71.7 Å². The van der Waals surface area contributed by atoms with E-state index in [0.29, 0.717) is 18.7 Å². The molecule has 172 valence electrons. The van der Waals surface area contributed by atoms with Crippen LogP contribution in [0.2, 0.25) is 0 Å². The lowest BCUT2D eigenvalue weighted by atomic mass is 9.87. The van der Waals surface area contributed by atoms with Gasteiger partial charge in [-0.2, -0.15) is 0 Å². The van der Waals surface area contributed by atoms with Crippen LogP contribution in [0.1, 0.15) is 47.1 Å². The third-order valence-corrected chi connectivity index (χ3v) is 5.91. The highest BCUT2D eigenvalue weighted by molar-refractivity contribution is 7.10. The van der Waals surface area contributed by atoms with Crippen molar-refractivity contribution in [2.45, 2.75) is 33.1 Å². The van der Waals surface area contributed by atoms with Crippen LogP contribution < -0.4 is 15.4 Å². The van der Waals surface area contributed by atoms with Crippen molar-refractivity contribution in [1.82, 2.24) is 10.6 Å². The molecule has 33 heavy (non-hydrogen) atoms. The topological polar surface area (TPSA) is 67.4 Å². The minimum Gasteiger partial charge on any atom is -0.492 e. The second-order valence-corrected chi connectivity index (χ2v) is 9.70. The fourth-order valence-corrected chi connectivity index (χ4v) is 3.83. The number of amides is 2. The SMILES string of the molecule is Cc1ccccc1C(=O)N/C(=C\c1cccs1)C(=O)NCCOc1ccc(C(C)(C)C)cc1. The number of benzene rings is 2. The Morgan fingerprint density at radius 1 is 1.00 bits per heavy atom. The van der Waals surface area contributed by atoms with Crippen LogP contribution in [0, 0.1) is 6.92 Å². The van der Waals surface area contributed by atoms with E-state index in [1.807, 2.05) is 48.7 Å². The molecule has 0 aliphatic heterocycles. The Bertz CT molecular complexity index is 1110. The van der Waals surface area contributed by atoms with Crippen LogP contribution in [0.5, 0.6) is 5.75 Å². The predicted molar refractivity (Wildman–Crippen MR) is 135 cm³/mol. The summed E-state index contributed by atoms with van der Waals surface area (Å²) in [5.74, 6) is 0.0673. The van der Waals surface area contributed by atoms with Gasteiger partial charge in [0.15, 0.2) is 0 Å². The summed E-state index contributed by atoms with van der Waals surface area (Å²) in [5, 5.41) is 7.52. The largest absolute Gasteiger partial charge is 0.492 e. The third kappa shape index (κ3) is 7.05. The van der Waals surface area contributed by atoms with Gasteiger partial charge in [-0.1, -0.05) is 57.2 Å². The Morgan fingerprint density at radius 2 is 1.73 bits per heavy atom. The minimum atomic E-state index is -0.364. The number of thiophene rings is 1. The molecule has 2 aromatic carbocycles. The maximum atomic E-state index is 12.8. The van der Waals surface area contributed by atoms with Crippen molar-refractivity contribution in [3.05, 3.63) is 93.3 Å². The van der Waals surface area contributed by atoms with Crippen molar-refractivity contribution in [3.8, 4) is 5.75 Å². The molecule has 5 nitrogen and oxygen atoms in total. The molecule has 6 heteroatoms. The zero-order valence-corrected chi connectivity index (χ0v) is 20.3. The molecule has 3 aromatic rings. The molecule has 0 unspecified atom stereocenters. The monoisotopic (exact) mass is 462 g/mol. The van der Waals surface area contributed by atoms with E-state index in [9.17, 15) is 9.59 Å². The van der Waals surface area contributed by atoms with Gasteiger partial charge in [0.25, 0.3) is 11.8 Å². The number of ether oxygens (including phenoxy) is 1. The Kier molecular flexibility index (Phi) is 8.06. The second kappa shape index (κ2) is 11.0. The first-order chi connectivity index (χ1) is 15.7. The molecule has 2 amide bonds. The summed E-state index contributed by atoms with van der Waals surface area (Å²) in [4.78, 5) is 26.5. The van der Waals surface area contributed by atoms with Gasteiger partial charge in [-0.3, -0.25) is 9.59 Å². The molecule has 0 atom stereocenters. The van der Waals surface area contributed by atoms with Crippen molar-refractivity contribution in [1.29, 1.82) is 0 Å². The summed E-state index contributed by atoms with van der Waals surface area (Å²) in [6.45, 7) is 8.98. The fourth-order valence-electron chi connectivity index (χ4n) is 3.17. The van der Waals surface area contributed by atoms with Crippen molar-refractivity contribution >= 4 is 29.2 Å². The highest BCUT2D eigenvalue weighted by Crippen LogP contribution is 2.24. The highest BCUT2D eigenvalue weighted by atomic mass is 32.1. The van der Waals surface area contributed by atoms with Gasteiger partial charge in [-0.25, -0.2) is 0 Å². The molecule has 0 radical (unpaired) electrons. The van der Waals surface area contributed by atoms with Crippen LogP contribution in [0.3, 0.4) is 0 Å². The maximum Gasteiger partial charge on any atom is 0.267 e. The van der Waals surface area contributed by atoms with Gasteiger partial charge in [-0.15, -0.1) is 11.3 Å². The van der Waals surface area contributed by atoms with Crippen LogP contribution in [-0.4, -0.2) is 25.0 Å². The first kappa shape index (κ1) is 24.3. The molecule has 0 saturated carbocycles. The van der Waals surface area contributed by atoms with E-state index < -0.39 is 0 Å². The Labute approximate surface area is 199 Å². The van der Waals surface area contributed by atoms with Crippen molar-refractivity contribution in [2.75, 3.05) is 13.2 Å². The van der Waals surface area contributed by atoms with Crippen molar-refractivity contribution in [3.63, 3.8) is 0 Å². The van der Waals surface area contributed by atoms with Crippen LogP contribution in [-0.2, 0) is 10.2 Å². The maximum absolute atomic E-state index is 12.8. The summed E-state index contributed by atoms with van der Waals surface area (Å²) in [6.07, 6.45) is 1.68. The molecular weight excluding hydrogens is 432 g/mol. The van der Waals surface area contributed by atoms with E-state index in [1.54, 1.807) is 18.2 Å². The summed E-state index contributed by atoms with van der Waals surface area (Å²) in [5.41, 5.74) is 2.89. The smallest absolute Gasteiger partial charge is 0.267 e. The van der Waals surface area contributed by atoms with Gasteiger partial charge in [0.2, 0.25) is 0 Å². The number of hydrogen-bond donors (Lipinski definition) is 2. The first-order valence-electron chi connectivity index (χ1n) is 10.9. The third-order valence-electron chi connectivity index (χ3n) is 5.09. The molecule has 1 heterocycles. The number of carbonyl (C=O) groups is 2. The van der Waals surface area contributed by atoms with Gasteiger partial charge in [0, 0.05) is 10.4 Å². The zero-order chi connectivity index (χ0) is 23.8. The lowest BCUT2D eigenvalue weighted by Crippen LogP contribution is -2.36. The van der Waals surface area contributed by atoms with Gasteiger partial charge >= 0.3 is 0 Å². The molecule has 0 spiro atoms. The molecule has 0 aliphatic carbocycles. The van der Waals surface area contributed by atoms with Gasteiger partial charge in [0.05, 0.1) is 6.54 Å². The molecule has 0 fully saturated rings. The molecule has 0 saturated heterocycles. The van der Waals surface area contributed by atoms with E-state index in [1.165, 1.54) is 16.9 Å². The molecule has 2 N–H and O–H groups in total. The lowest BCUT2D eigenvalue weighted by molar-refractivity contribution is -0.117. The quantitative estimate of drug-likeness (QED) is 0.352. The van der Waals surface area contributed by atoms with E-state index in [0.717, 1.165) is 16.2 Å². The van der Waals surface area contributed by atoms with E-state index in [-0.39, 0.29) is 22.9 Å². The van der Waals surface area contributed by atoms with Gasteiger partial charge in [0.1, 0.15) is 18.1 Å². The summed E-state index contributed by atoms with van der Waals surface area (Å²) in [7, 11) is 0. The van der Waals surface area contributed by atoms with E-state index >= 15 is 0 Å². The number of rotatable bonds is 8. The average molecular weight is 463 g/mol. The van der Waals surface area contributed by atoms with Gasteiger partial charge in [-0.05, 0) is 59.2 Å². The minimum absolute atomic E-state index is 0.0839.